The molecular weight excluding hydrogens is 382 g/mol. The Morgan fingerprint density at radius 1 is 1.10 bits per heavy atom. The number of rotatable bonds is 4. The Bertz CT molecular complexity index is 507. The Kier molecular flexibility index (Phi) is 9.92. The van der Waals surface area contributed by atoms with Gasteiger partial charge in [0, 0.05) is 0 Å². The Morgan fingerprint density at radius 2 is 1.80 bits per heavy atom. The molecule has 110 valence electrons. The van der Waals surface area contributed by atoms with Crippen molar-refractivity contribution in [2.24, 2.45) is 0 Å². The maximum absolute atomic E-state index is 2.62. The molecule has 0 N–H and O–H groups in total. The average molecular weight is 407 g/mol. The smallest absolute Gasteiger partial charge is 1.00 e. The molecule has 4 heteroatoms. The molecule has 0 aliphatic heterocycles. The second-order valence-corrected chi connectivity index (χ2v) is 22.7. The zero-order chi connectivity index (χ0) is 13.1. The second kappa shape index (κ2) is 9.62. The fourth-order valence-electron chi connectivity index (χ4n) is 3.05. The van der Waals surface area contributed by atoms with Crippen molar-refractivity contribution in [3.8, 4) is 0 Å². The third-order valence-electron chi connectivity index (χ3n) is 3.93. The van der Waals surface area contributed by atoms with Crippen LogP contribution in [0.3, 0.4) is 0 Å². The minimum Gasteiger partial charge on any atom is -1.00 e. The summed E-state index contributed by atoms with van der Waals surface area (Å²) in [7, 11) is 0. The zero-order valence-corrected chi connectivity index (χ0v) is 17.9. The molecule has 0 nitrogen and oxygen atoms in total. The van der Waals surface area contributed by atoms with Gasteiger partial charge < -0.3 is 24.8 Å². The van der Waals surface area contributed by atoms with Crippen LogP contribution in [0, 0.1) is 0 Å². The van der Waals surface area contributed by atoms with Gasteiger partial charge in [-0.05, 0) is 0 Å². The van der Waals surface area contributed by atoms with Crippen LogP contribution in [0.4, 0.5) is 0 Å². The summed E-state index contributed by atoms with van der Waals surface area (Å²) < 4.78 is 3.76. The Hall–Kier alpha value is 0.640. The van der Waals surface area contributed by atoms with Gasteiger partial charge in [0.2, 0.25) is 0 Å². The molecule has 0 saturated heterocycles. The van der Waals surface area contributed by atoms with Crippen LogP contribution < -0.4 is 24.8 Å². The van der Waals surface area contributed by atoms with Crippen LogP contribution in [0.5, 0.6) is 0 Å². The Morgan fingerprint density at radius 3 is 2.20 bits per heavy atom. The van der Waals surface area contributed by atoms with Crippen molar-refractivity contribution in [1.29, 1.82) is 0 Å². The van der Waals surface area contributed by atoms with Crippen LogP contribution in [0.2, 0.25) is 13.1 Å². The van der Waals surface area contributed by atoms with E-state index in [0.717, 1.165) is 0 Å². The SMILES string of the molecule is CCC1=C(CC)C[C]([Zr+2]([C]2=CC=CC2)=[Si](C)C)=C1.[Cl-].[Cl-]. The largest absolute Gasteiger partial charge is 1.00 e. The number of halogens is 2. The van der Waals surface area contributed by atoms with Gasteiger partial charge in [0.1, 0.15) is 0 Å². The molecule has 20 heavy (non-hydrogen) atoms. The maximum Gasteiger partial charge on any atom is -1.00 e. The van der Waals surface area contributed by atoms with Gasteiger partial charge in [0.25, 0.3) is 0 Å². The molecule has 2 aliphatic rings. The molecule has 0 aromatic carbocycles. The number of hydrogen-bond acceptors (Lipinski definition) is 0. The third-order valence-corrected chi connectivity index (χ3v) is 21.0. The fraction of sp³-hybridized carbons (Fsp3) is 0.500. The molecule has 0 saturated carbocycles. The summed E-state index contributed by atoms with van der Waals surface area (Å²) in [4.78, 5) is 0. The first-order valence-corrected chi connectivity index (χ1v) is 15.8. The van der Waals surface area contributed by atoms with E-state index in [0.29, 0.717) is 0 Å². The molecule has 2 rings (SSSR count). The third kappa shape index (κ3) is 4.57. The van der Waals surface area contributed by atoms with Gasteiger partial charge in [-0.15, -0.1) is 0 Å². The molecule has 0 aromatic rings. The summed E-state index contributed by atoms with van der Waals surface area (Å²) in [6, 6.07) is 0. The fourth-order valence-corrected chi connectivity index (χ4v) is 20.0. The van der Waals surface area contributed by atoms with Gasteiger partial charge in [-0.3, -0.25) is 0 Å². The normalized spacial score (nSPS) is 15.9. The predicted molar refractivity (Wildman–Crippen MR) is 79.6 cm³/mol. The quantitative estimate of drug-likeness (QED) is 0.532. The number of allylic oxidation sites excluding steroid dienone is 8. The van der Waals surface area contributed by atoms with Gasteiger partial charge in [0.15, 0.2) is 0 Å². The molecule has 0 heterocycles. The van der Waals surface area contributed by atoms with Gasteiger partial charge in [-0.25, -0.2) is 0 Å². The van der Waals surface area contributed by atoms with Crippen molar-refractivity contribution < 1.29 is 45.2 Å². The molecule has 0 aromatic heterocycles. The van der Waals surface area contributed by atoms with Crippen LogP contribution in [0.15, 0.2) is 42.0 Å². The summed E-state index contributed by atoms with van der Waals surface area (Å²) in [5.74, 6) is 0. The summed E-state index contributed by atoms with van der Waals surface area (Å²) in [6.45, 7) is 9.74. The van der Waals surface area contributed by atoms with Crippen molar-refractivity contribution in [3.63, 3.8) is 0 Å². The molecule has 0 radical (unpaired) electrons. The first-order valence-electron chi connectivity index (χ1n) is 7.12. The molecule has 2 aliphatic carbocycles. The molecular formula is C16H24Cl2SiZr. The van der Waals surface area contributed by atoms with E-state index >= 15 is 0 Å². The summed E-state index contributed by atoms with van der Waals surface area (Å²) in [5.41, 5.74) is 3.30. The van der Waals surface area contributed by atoms with Gasteiger partial charge in [0.05, 0.1) is 0 Å². The first kappa shape index (κ1) is 20.6. The van der Waals surface area contributed by atoms with Crippen molar-refractivity contribution in [3.05, 3.63) is 42.0 Å². The van der Waals surface area contributed by atoms with E-state index in [9.17, 15) is 0 Å². The topological polar surface area (TPSA) is 0 Å². The van der Waals surface area contributed by atoms with E-state index in [1.54, 1.807) is 11.1 Å². The predicted octanol–water partition coefficient (Wildman–Crippen LogP) is -0.888. The molecule has 0 atom stereocenters. The monoisotopic (exact) mass is 404 g/mol. The summed E-state index contributed by atoms with van der Waals surface area (Å²) in [5, 5.41) is 0. The summed E-state index contributed by atoms with van der Waals surface area (Å²) >= 11 is -1.44. The van der Waals surface area contributed by atoms with E-state index in [-0.39, 0.29) is 30.2 Å². The van der Waals surface area contributed by atoms with Crippen LogP contribution in [0.1, 0.15) is 39.5 Å². The molecule has 0 spiro atoms. The van der Waals surface area contributed by atoms with E-state index in [2.05, 4.69) is 51.2 Å². The van der Waals surface area contributed by atoms with Crippen LogP contribution in [0.25, 0.3) is 0 Å². The van der Waals surface area contributed by atoms with Crippen LogP contribution in [-0.4, -0.2) is 5.43 Å². The molecule has 0 amide bonds. The van der Waals surface area contributed by atoms with Crippen molar-refractivity contribution >= 4 is 5.43 Å². The van der Waals surface area contributed by atoms with E-state index in [1.165, 1.54) is 25.7 Å². The van der Waals surface area contributed by atoms with Crippen LogP contribution in [-0.2, 0) is 20.4 Å². The summed E-state index contributed by atoms with van der Waals surface area (Å²) in [6.07, 6.45) is 14.8. The van der Waals surface area contributed by atoms with Crippen molar-refractivity contribution in [2.75, 3.05) is 0 Å². The number of hydrogen-bond donors (Lipinski definition) is 0. The van der Waals surface area contributed by atoms with E-state index in [1.807, 2.05) is 6.56 Å². The molecule has 0 unspecified atom stereocenters. The Labute approximate surface area is 144 Å². The Balaban J connectivity index is 0.00000180. The zero-order valence-electron chi connectivity index (χ0n) is 12.9. The van der Waals surface area contributed by atoms with Gasteiger partial charge in [-0.2, -0.15) is 0 Å². The maximum atomic E-state index is 2.62. The first-order chi connectivity index (χ1) is 8.67. The molecule has 0 bridgehead atoms. The minimum atomic E-state index is -1.44. The van der Waals surface area contributed by atoms with Crippen molar-refractivity contribution in [1.82, 2.24) is 0 Å². The van der Waals surface area contributed by atoms with Crippen LogP contribution >= 0.6 is 0 Å². The standard InChI is InChI=1S/C9H13.C5H5.C2H6Si.2ClH.Zr/c1-3-8-6-5-7-9(8)4-2;1-2-4-5-3-1;1-3-2;;;/h6H,3-4,7H2,1-2H3;1-3H,4H2;1-2H3;2*1H;/q;;;;;+2/p-2. The van der Waals surface area contributed by atoms with Gasteiger partial charge in [-0.1, -0.05) is 0 Å². The molecule has 0 fully saturated rings. The van der Waals surface area contributed by atoms with Gasteiger partial charge >= 0.3 is 120 Å². The van der Waals surface area contributed by atoms with E-state index in [4.69, 9.17) is 0 Å². The second-order valence-electron chi connectivity index (χ2n) is 5.38. The van der Waals surface area contributed by atoms with Crippen molar-refractivity contribution in [2.45, 2.75) is 52.6 Å². The average Bonchev–Trinajstić information content (AvgIpc) is 2.98. The van der Waals surface area contributed by atoms with E-state index < -0.39 is 20.4 Å². The minimum absolute atomic E-state index is 0.